The number of benzene rings is 1. The van der Waals surface area contributed by atoms with Crippen LogP contribution in [-0.2, 0) is 0 Å². The van der Waals surface area contributed by atoms with Crippen molar-refractivity contribution in [3.63, 3.8) is 0 Å². The monoisotopic (exact) mass is 235 g/mol. The molecule has 0 amide bonds. The fourth-order valence-corrected chi connectivity index (χ4v) is 1.81. The first-order valence-corrected chi connectivity index (χ1v) is 5.84. The lowest BCUT2D eigenvalue weighted by Gasteiger charge is -2.05. The molecule has 0 bridgehead atoms. The van der Waals surface area contributed by atoms with Gasteiger partial charge in [-0.05, 0) is 19.1 Å². The van der Waals surface area contributed by atoms with Crippen molar-refractivity contribution in [3.8, 4) is 5.75 Å². The van der Waals surface area contributed by atoms with Gasteiger partial charge in [-0.25, -0.2) is 4.98 Å². The molecule has 0 spiro atoms. The maximum atomic E-state index is 5.53. The molecule has 0 aliphatic heterocycles. The number of anilines is 1. The van der Waals surface area contributed by atoms with Crippen molar-refractivity contribution in [2.45, 2.75) is 6.92 Å². The molecule has 1 N–H and O–H groups in total. The van der Waals surface area contributed by atoms with Crippen LogP contribution in [0.25, 0.3) is 0 Å². The van der Waals surface area contributed by atoms with Crippen molar-refractivity contribution in [2.24, 2.45) is 0 Å². The molecule has 0 saturated heterocycles. The van der Waals surface area contributed by atoms with Crippen LogP contribution in [0.15, 0.2) is 30.3 Å². The van der Waals surface area contributed by atoms with E-state index in [0.29, 0.717) is 6.61 Å². The highest BCUT2D eigenvalue weighted by Gasteiger charge is 1.98. The van der Waals surface area contributed by atoms with Crippen LogP contribution < -0.4 is 10.1 Å². The van der Waals surface area contributed by atoms with Gasteiger partial charge >= 0.3 is 0 Å². The first-order valence-electron chi connectivity index (χ1n) is 5.06. The minimum atomic E-state index is 0.614. The average Bonchev–Trinajstić information content (AvgIpc) is 2.72. The van der Waals surface area contributed by atoms with E-state index in [1.807, 2.05) is 37.3 Å². The normalized spacial score (nSPS) is 10.1. The highest BCUT2D eigenvalue weighted by Crippen LogP contribution is 2.10. The third kappa shape index (κ3) is 3.20. The number of ether oxygens (including phenoxy) is 1. The van der Waals surface area contributed by atoms with Crippen LogP contribution in [0.1, 0.15) is 5.82 Å². The number of rotatable bonds is 5. The Morgan fingerprint density at radius 1 is 1.31 bits per heavy atom. The Morgan fingerprint density at radius 2 is 2.12 bits per heavy atom. The average molecular weight is 235 g/mol. The van der Waals surface area contributed by atoms with E-state index in [-0.39, 0.29) is 0 Å². The first-order chi connectivity index (χ1) is 7.84. The van der Waals surface area contributed by atoms with Crippen LogP contribution in [-0.4, -0.2) is 22.5 Å². The summed E-state index contributed by atoms with van der Waals surface area (Å²) in [6.07, 6.45) is 0. The van der Waals surface area contributed by atoms with Gasteiger partial charge < -0.3 is 10.1 Å². The van der Waals surface area contributed by atoms with E-state index < -0.39 is 0 Å². The van der Waals surface area contributed by atoms with E-state index in [0.717, 1.165) is 23.3 Å². The second-order valence-electron chi connectivity index (χ2n) is 3.24. The quantitative estimate of drug-likeness (QED) is 0.808. The van der Waals surface area contributed by atoms with Gasteiger partial charge in [-0.3, -0.25) is 0 Å². The molecule has 2 aromatic rings. The minimum Gasteiger partial charge on any atom is -0.492 e. The Kier molecular flexibility index (Phi) is 3.71. The third-order valence-electron chi connectivity index (χ3n) is 1.92. The van der Waals surface area contributed by atoms with Gasteiger partial charge in [0.25, 0.3) is 0 Å². The van der Waals surface area contributed by atoms with Crippen LogP contribution in [0.5, 0.6) is 5.75 Å². The summed E-state index contributed by atoms with van der Waals surface area (Å²) in [4.78, 5) is 4.20. The molecule has 4 nitrogen and oxygen atoms in total. The van der Waals surface area contributed by atoms with Crippen LogP contribution in [0.4, 0.5) is 5.13 Å². The van der Waals surface area contributed by atoms with E-state index in [1.54, 1.807) is 0 Å². The van der Waals surface area contributed by atoms with Crippen molar-refractivity contribution in [1.82, 2.24) is 9.36 Å². The van der Waals surface area contributed by atoms with Crippen LogP contribution in [0, 0.1) is 6.92 Å². The van der Waals surface area contributed by atoms with E-state index in [9.17, 15) is 0 Å². The van der Waals surface area contributed by atoms with Gasteiger partial charge in [0.1, 0.15) is 18.2 Å². The predicted molar refractivity (Wildman–Crippen MR) is 65.1 cm³/mol. The third-order valence-corrected chi connectivity index (χ3v) is 2.68. The fraction of sp³-hybridized carbons (Fsp3) is 0.273. The zero-order chi connectivity index (χ0) is 11.2. The van der Waals surface area contributed by atoms with Crippen molar-refractivity contribution in [2.75, 3.05) is 18.5 Å². The van der Waals surface area contributed by atoms with E-state index in [4.69, 9.17) is 4.74 Å². The summed E-state index contributed by atoms with van der Waals surface area (Å²) in [5, 5.41) is 4.00. The summed E-state index contributed by atoms with van der Waals surface area (Å²) in [6.45, 7) is 3.22. The number of hydrogen-bond acceptors (Lipinski definition) is 5. The molecule has 0 unspecified atom stereocenters. The molecule has 0 atom stereocenters. The number of nitrogens with one attached hydrogen (secondary N) is 1. The molecule has 0 aliphatic carbocycles. The Morgan fingerprint density at radius 3 is 2.81 bits per heavy atom. The summed E-state index contributed by atoms with van der Waals surface area (Å²) in [6, 6.07) is 9.76. The number of aromatic nitrogens is 2. The van der Waals surface area contributed by atoms with Gasteiger partial charge in [-0.1, -0.05) is 18.2 Å². The summed E-state index contributed by atoms with van der Waals surface area (Å²) in [5.74, 6) is 1.69. The van der Waals surface area contributed by atoms with Crippen molar-refractivity contribution < 1.29 is 4.74 Å². The molecule has 0 aliphatic rings. The van der Waals surface area contributed by atoms with Crippen LogP contribution in [0.2, 0.25) is 0 Å². The van der Waals surface area contributed by atoms with Gasteiger partial charge in [0.15, 0.2) is 0 Å². The standard InChI is InChI=1S/C11H13N3OS/c1-9-13-11(16-14-9)12-7-8-15-10-5-3-2-4-6-10/h2-6H,7-8H2,1H3,(H,12,13,14). The Labute approximate surface area is 98.5 Å². The van der Waals surface area contributed by atoms with Crippen molar-refractivity contribution in [1.29, 1.82) is 0 Å². The number of para-hydroxylation sites is 1. The summed E-state index contributed by atoms with van der Waals surface area (Å²) < 4.78 is 9.61. The van der Waals surface area contributed by atoms with E-state index in [2.05, 4.69) is 14.7 Å². The number of nitrogens with zero attached hydrogens (tertiary/aromatic N) is 2. The lowest BCUT2D eigenvalue weighted by molar-refractivity contribution is 0.333. The predicted octanol–water partition coefficient (Wildman–Crippen LogP) is 2.34. The fourth-order valence-electron chi connectivity index (χ4n) is 1.21. The second kappa shape index (κ2) is 5.46. The topological polar surface area (TPSA) is 47.0 Å². The van der Waals surface area contributed by atoms with Crippen molar-refractivity contribution >= 4 is 16.7 Å². The molecule has 0 fully saturated rings. The number of hydrogen-bond donors (Lipinski definition) is 1. The highest BCUT2D eigenvalue weighted by atomic mass is 32.1. The maximum Gasteiger partial charge on any atom is 0.202 e. The van der Waals surface area contributed by atoms with Crippen molar-refractivity contribution in [3.05, 3.63) is 36.2 Å². The lowest BCUT2D eigenvalue weighted by Crippen LogP contribution is -2.11. The highest BCUT2D eigenvalue weighted by molar-refractivity contribution is 7.09. The molecule has 2 rings (SSSR count). The molecule has 5 heteroatoms. The zero-order valence-corrected chi connectivity index (χ0v) is 9.83. The van der Waals surface area contributed by atoms with E-state index >= 15 is 0 Å². The smallest absolute Gasteiger partial charge is 0.202 e. The molecule has 16 heavy (non-hydrogen) atoms. The molecule has 1 aromatic carbocycles. The zero-order valence-electron chi connectivity index (χ0n) is 9.01. The molecular weight excluding hydrogens is 222 g/mol. The van der Waals surface area contributed by atoms with E-state index in [1.165, 1.54) is 11.5 Å². The van der Waals surface area contributed by atoms with Crippen LogP contribution in [0.3, 0.4) is 0 Å². The SMILES string of the molecule is Cc1nsc(NCCOc2ccccc2)n1. The maximum absolute atomic E-state index is 5.53. The number of aryl methyl sites for hydroxylation is 1. The summed E-state index contributed by atoms with van der Waals surface area (Å²) in [7, 11) is 0. The summed E-state index contributed by atoms with van der Waals surface area (Å²) >= 11 is 1.37. The first kappa shape index (κ1) is 10.9. The Bertz CT molecular complexity index is 430. The molecule has 0 saturated carbocycles. The lowest BCUT2D eigenvalue weighted by atomic mass is 10.3. The minimum absolute atomic E-state index is 0.614. The molecule has 0 radical (unpaired) electrons. The van der Waals surface area contributed by atoms with Gasteiger partial charge in [0.05, 0.1) is 6.54 Å². The molecular formula is C11H13N3OS. The Hall–Kier alpha value is -1.62. The van der Waals surface area contributed by atoms with Gasteiger partial charge in [-0.15, -0.1) is 0 Å². The largest absolute Gasteiger partial charge is 0.492 e. The second-order valence-corrected chi connectivity index (χ2v) is 3.99. The van der Waals surface area contributed by atoms with Gasteiger partial charge in [0.2, 0.25) is 5.13 Å². The molecule has 1 heterocycles. The van der Waals surface area contributed by atoms with Gasteiger partial charge in [0, 0.05) is 11.5 Å². The summed E-state index contributed by atoms with van der Waals surface area (Å²) in [5.41, 5.74) is 0. The molecule has 1 aromatic heterocycles. The molecule has 84 valence electrons. The van der Waals surface area contributed by atoms with Gasteiger partial charge in [-0.2, -0.15) is 4.37 Å². The van der Waals surface area contributed by atoms with Crippen LogP contribution >= 0.6 is 11.5 Å². The Balaban J connectivity index is 1.69.